The van der Waals surface area contributed by atoms with Gasteiger partial charge in [0.05, 0.1) is 6.61 Å². The zero-order valence-corrected chi connectivity index (χ0v) is 10.3. The molecule has 2 N–H and O–H groups in total. The van der Waals surface area contributed by atoms with Gasteiger partial charge in [-0.1, -0.05) is 12.1 Å². The van der Waals surface area contributed by atoms with Crippen LogP contribution >= 0.6 is 0 Å². The molecule has 0 aliphatic heterocycles. The summed E-state index contributed by atoms with van der Waals surface area (Å²) in [5, 5.41) is 11.9. The largest absolute Gasteiger partial charge is 0.493 e. The summed E-state index contributed by atoms with van der Waals surface area (Å²) in [6.45, 7) is 4.91. The second kappa shape index (κ2) is 6.51. The maximum Gasteiger partial charge on any atom is 0.122 e. The van der Waals surface area contributed by atoms with Gasteiger partial charge in [-0.05, 0) is 38.1 Å². The van der Waals surface area contributed by atoms with Crippen molar-refractivity contribution in [3.05, 3.63) is 29.3 Å². The van der Waals surface area contributed by atoms with Crippen LogP contribution in [0.25, 0.3) is 0 Å². The van der Waals surface area contributed by atoms with Gasteiger partial charge >= 0.3 is 0 Å². The third kappa shape index (κ3) is 3.51. The van der Waals surface area contributed by atoms with Crippen molar-refractivity contribution in [1.82, 2.24) is 5.32 Å². The van der Waals surface area contributed by atoms with Crippen LogP contribution in [0.15, 0.2) is 18.2 Å². The molecule has 3 nitrogen and oxygen atoms in total. The standard InChI is InChI=1S/C13H21NO2/c1-10-9-12(11(2)14-3)5-6-13(10)16-8-4-7-15/h5-6,9,11,14-15H,4,7-8H2,1-3H3. The molecule has 0 bridgehead atoms. The molecule has 16 heavy (non-hydrogen) atoms. The van der Waals surface area contributed by atoms with Gasteiger partial charge in [-0.3, -0.25) is 0 Å². The highest BCUT2D eigenvalue weighted by Crippen LogP contribution is 2.22. The summed E-state index contributed by atoms with van der Waals surface area (Å²) in [4.78, 5) is 0. The van der Waals surface area contributed by atoms with Gasteiger partial charge in [0.25, 0.3) is 0 Å². The van der Waals surface area contributed by atoms with Gasteiger partial charge in [0.2, 0.25) is 0 Å². The van der Waals surface area contributed by atoms with E-state index in [1.165, 1.54) is 5.56 Å². The highest BCUT2D eigenvalue weighted by Gasteiger charge is 2.05. The van der Waals surface area contributed by atoms with Crippen LogP contribution in [0, 0.1) is 6.92 Å². The number of rotatable bonds is 6. The zero-order chi connectivity index (χ0) is 12.0. The third-order valence-electron chi connectivity index (χ3n) is 2.69. The molecule has 0 saturated heterocycles. The molecule has 1 unspecified atom stereocenters. The molecule has 0 saturated carbocycles. The molecule has 0 fully saturated rings. The minimum Gasteiger partial charge on any atom is -0.493 e. The molecule has 0 aliphatic carbocycles. The first kappa shape index (κ1) is 13.0. The van der Waals surface area contributed by atoms with Crippen LogP contribution in [-0.4, -0.2) is 25.4 Å². The second-order valence-electron chi connectivity index (χ2n) is 3.96. The Morgan fingerprint density at radius 3 is 2.75 bits per heavy atom. The van der Waals surface area contributed by atoms with Gasteiger partial charge in [0, 0.05) is 19.1 Å². The number of aliphatic hydroxyl groups is 1. The number of ether oxygens (including phenoxy) is 1. The molecule has 1 rings (SSSR count). The molecule has 0 aliphatic rings. The van der Waals surface area contributed by atoms with E-state index in [9.17, 15) is 0 Å². The number of benzene rings is 1. The third-order valence-corrected chi connectivity index (χ3v) is 2.69. The predicted octanol–water partition coefficient (Wildman–Crippen LogP) is 2.04. The van der Waals surface area contributed by atoms with Crippen molar-refractivity contribution in [2.45, 2.75) is 26.3 Å². The molecule has 0 amide bonds. The number of nitrogens with one attached hydrogen (secondary N) is 1. The molecule has 1 atom stereocenters. The molecule has 90 valence electrons. The van der Waals surface area contributed by atoms with E-state index in [-0.39, 0.29) is 6.61 Å². The summed E-state index contributed by atoms with van der Waals surface area (Å²) >= 11 is 0. The topological polar surface area (TPSA) is 41.5 Å². The van der Waals surface area contributed by atoms with Crippen molar-refractivity contribution in [2.24, 2.45) is 0 Å². The average Bonchev–Trinajstić information content (AvgIpc) is 2.30. The van der Waals surface area contributed by atoms with Crippen molar-refractivity contribution in [3.63, 3.8) is 0 Å². The van der Waals surface area contributed by atoms with Crippen LogP contribution < -0.4 is 10.1 Å². The zero-order valence-electron chi connectivity index (χ0n) is 10.3. The molecule has 1 aromatic rings. The first-order valence-corrected chi connectivity index (χ1v) is 5.70. The minimum atomic E-state index is 0.175. The van der Waals surface area contributed by atoms with E-state index in [0.29, 0.717) is 19.1 Å². The number of hydrogen-bond donors (Lipinski definition) is 2. The molecule has 0 heterocycles. The van der Waals surface area contributed by atoms with Crippen molar-refractivity contribution >= 4 is 0 Å². The number of aliphatic hydroxyl groups excluding tert-OH is 1. The summed E-state index contributed by atoms with van der Waals surface area (Å²) in [6.07, 6.45) is 0.675. The molecular formula is C13H21NO2. The summed E-state index contributed by atoms with van der Waals surface area (Å²) in [5.74, 6) is 0.903. The lowest BCUT2D eigenvalue weighted by Crippen LogP contribution is -2.12. The first-order chi connectivity index (χ1) is 7.69. The van der Waals surface area contributed by atoms with E-state index in [1.54, 1.807) is 0 Å². The highest BCUT2D eigenvalue weighted by molar-refractivity contribution is 5.37. The fourth-order valence-corrected chi connectivity index (χ4v) is 1.52. The van der Waals surface area contributed by atoms with Gasteiger partial charge < -0.3 is 15.2 Å². The number of aryl methyl sites for hydroxylation is 1. The summed E-state index contributed by atoms with van der Waals surface area (Å²) in [7, 11) is 1.95. The van der Waals surface area contributed by atoms with Crippen molar-refractivity contribution < 1.29 is 9.84 Å². The van der Waals surface area contributed by atoms with Crippen molar-refractivity contribution in [3.8, 4) is 5.75 Å². The van der Waals surface area contributed by atoms with E-state index in [0.717, 1.165) is 11.3 Å². The SMILES string of the molecule is CNC(C)c1ccc(OCCCO)c(C)c1. The van der Waals surface area contributed by atoms with Gasteiger partial charge in [-0.25, -0.2) is 0 Å². The monoisotopic (exact) mass is 223 g/mol. The molecule has 3 heteroatoms. The smallest absolute Gasteiger partial charge is 0.122 e. The van der Waals surface area contributed by atoms with Crippen molar-refractivity contribution in [2.75, 3.05) is 20.3 Å². The maximum atomic E-state index is 8.67. The fraction of sp³-hybridized carbons (Fsp3) is 0.538. The highest BCUT2D eigenvalue weighted by atomic mass is 16.5. The quantitative estimate of drug-likeness (QED) is 0.725. The Morgan fingerprint density at radius 2 is 2.19 bits per heavy atom. The predicted molar refractivity (Wildman–Crippen MR) is 65.9 cm³/mol. The van der Waals surface area contributed by atoms with E-state index in [1.807, 2.05) is 20.0 Å². The minimum absolute atomic E-state index is 0.175. The van der Waals surface area contributed by atoms with Gasteiger partial charge in [-0.15, -0.1) is 0 Å². The van der Waals surface area contributed by atoms with E-state index >= 15 is 0 Å². The van der Waals surface area contributed by atoms with Crippen LogP contribution in [0.4, 0.5) is 0 Å². The Hall–Kier alpha value is -1.06. The van der Waals surface area contributed by atoms with Crippen molar-refractivity contribution in [1.29, 1.82) is 0 Å². The van der Waals surface area contributed by atoms with Gasteiger partial charge in [0.1, 0.15) is 5.75 Å². The Balaban J connectivity index is 2.67. The van der Waals surface area contributed by atoms with E-state index < -0.39 is 0 Å². The Morgan fingerprint density at radius 1 is 1.44 bits per heavy atom. The molecule has 0 aromatic heterocycles. The molecule has 0 radical (unpaired) electrons. The van der Waals surface area contributed by atoms with Gasteiger partial charge in [-0.2, -0.15) is 0 Å². The first-order valence-electron chi connectivity index (χ1n) is 5.70. The van der Waals surface area contributed by atoms with Crippen LogP contribution in [0.5, 0.6) is 5.75 Å². The Labute approximate surface area is 97.4 Å². The Bertz CT molecular complexity index is 326. The van der Waals surface area contributed by atoms with Crippen LogP contribution in [0.2, 0.25) is 0 Å². The fourth-order valence-electron chi connectivity index (χ4n) is 1.52. The summed E-state index contributed by atoms with van der Waals surface area (Å²) in [5.41, 5.74) is 2.40. The van der Waals surface area contributed by atoms with Crippen LogP contribution in [0.3, 0.4) is 0 Å². The molecule has 1 aromatic carbocycles. The van der Waals surface area contributed by atoms with Crippen LogP contribution in [0.1, 0.15) is 30.5 Å². The summed E-state index contributed by atoms with van der Waals surface area (Å²) in [6, 6.07) is 6.55. The lowest BCUT2D eigenvalue weighted by atomic mass is 10.1. The molecule has 0 spiro atoms. The van der Waals surface area contributed by atoms with Gasteiger partial charge in [0.15, 0.2) is 0 Å². The Kier molecular flexibility index (Phi) is 5.29. The average molecular weight is 223 g/mol. The summed E-state index contributed by atoms with van der Waals surface area (Å²) < 4.78 is 5.57. The van der Waals surface area contributed by atoms with E-state index in [2.05, 4.69) is 24.4 Å². The number of hydrogen-bond acceptors (Lipinski definition) is 3. The lowest BCUT2D eigenvalue weighted by Gasteiger charge is -2.14. The van der Waals surface area contributed by atoms with Crippen LogP contribution in [-0.2, 0) is 0 Å². The maximum absolute atomic E-state index is 8.67. The van der Waals surface area contributed by atoms with E-state index in [4.69, 9.17) is 9.84 Å². The molecular weight excluding hydrogens is 202 g/mol. The second-order valence-corrected chi connectivity index (χ2v) is 3.96. The lowest BCUT2D eigenvalue weighted by molar-refractivity contribution is 0.233. The normalized spacial score (nSPS) is 12.5.